The fourth-order valence-corrected chi connectivity index (χ4v) is 17.9. The molecule has 0 bridgehead atoms. The summed E-state index contributed by atoms with van der Waals surface area (Å²) in [6.07, 6.45) is 0. The Hall–Kier alpha value is -7.37. The Morgan fingerprint density at radius 3 is 1.14 bits per heavy atom. The van der Waals surface area contributed by atoms with E-state index in [-0.39, 0.29) is 0 Å². The molecule has 0 aliphatic carbocycles. The van der Waals surface area contributed by atoms with Crippen molar-refractivity contribution in [1.29, 1.82) is 0 Å². The molecule has 302 valence electrons. The third-order valence-electron chi connectivity index (χ3n) is 12.1. The van der Waals surface area contributed by atoms with Crippen LogP contribution in [0.4, 0.5) is 0 Å². The molecule has 2 nitrogen and oxygen atoms in total. The maximum absolute atomic E-state index is 5.43. The van der Waals surface area contributed by atoms with Crippen LogP contribution < -0.4 is 20.7 Å². The van der Waals surface area contributed by atoms with E-state index < -0.39 is 18.1 Å². The van der Waals surface area contributed by atoms with Crippen molar-refractivity contribution in [2.75, 3.05) is 0 Å². The fourth-order valence-electron chi connectivity index (χ4n) is 9.20. The molecule has 0 unspecified atom stereocenters. The third kappa shape index (κ3) is 7.33. The van der Waals surface area contributed by atoms with Crippen LogP contribution in [0.3, 0.4) is 0 Å². The van der Waals surface area contributed by atoms with E-state index in [0.29, 0.717) is 5.82 Å². The minimum atomic E-state index is -2.79. The molecule has 0 atom stereocenters. The van der Waals surface area contributed by atoms with Crippen LogP contribution in [0.15, 0.2) is 280 Å². The number of benzene rings is 9. The highest BCUT2D eigenvalue weighted by molar-refractivity contribution is 8.34. The molecule has 0 spiro atoms. The largest absolute Gasteiger partial charge is 0.228 e. The summed E-state index contributed by atoms with van der Waals surface area (Å²) in [4.78, 5) is 15.9. The molecule has 0 radical (unpaired) electrons. The highest BCUT2D eigenvalue weighted by Gasteiger charge is 2.41. The molecule has 0 saturated carbocycles. The minimum Gasteiger partial charge on any atom is -0.228 e. The van der Waals surface area contributed by atoms with Crippen LogP contribution in [0.2, 0.25) is 0 Å². The monoisotopic (exact) mass is 842 g/mol. The van der Waals surface area contributed by atoms with Gasteiger partial charge in [-0.25, -0.2) is 9.97 Å². The van der Waals surface area contributed by atoms with Gasteiger partial charge < -0.3 is 0 Å². The maximum atomic E-state index is 5.43. The first kappa shape index (κ1) is 39.7. The summed E-state index contributed by atoms with van der Waals surface area (Å²) < 4.78 is 0. The second-order valence-electron chi connectivity index (χ2n) is 15.8. The fraction of sp³-hybridized carbons (Fsp3) is 0.0169. The number of aromatic nitrogens is 2. The number of hydrogen-bond donors (Lipinski definition) is 0. The van der Waals surface area contributed by atoms with Gasteiger partial charge in [0.25, 0.3) is 0 Å². The summed E-state index contributed by atoms with van der Waals surface area (Å²) >= 11 is 0. The molecule has 0 amide bonds. The summed E-state index contributed by atoms with van der Waals surface area (Å²) in [7, 11) is -4.71. The second kappa shape index (κ2) is 17.5. The maximum Gasteiger partial charge on any atom is 0.179 e. The van der Waals surface area contributed by atoms with Crippen LogP contribution in [0.1, 0.15) is 5.56 Å². The van der Waals surface area contributed by atoms with Crippen molar-refractivity contribution in [3.05, 3.63) is 266 Å². The standard InChI is InChI=1S/C59H46N2SSi/c1-45-24-20-21-41-56(45)59-60-57(46-25-22-33-51(42-46)62(48-27-8-2-9-28-48,49-29-10-3-11-30-49)50-31-12-4-13-32-50)44-58(61-59)47-26-23-40-55(43-47)63(52-34-14-5-15-35-52,53-36-16-6-17-37-53)54-38-18-7-19-39-54/h2-44H,1H3. The van der Waals surface area contributed by atoms with Crippen LogP contribution >= 0.6 is 10.0 Å². The molecular formula is C59H46N2SSi. The zero-order valence-corrected chi connectivity index (χ0v) is 36.9. The Morgan fingerprint density at radius 1 is 0.317 bits per heavy atom. The summed E-state index contributed by atoms with van der Waals surface area (Å²) in [6.45, 7) is 2.14. The van der Waals surface area contributed by atoms with Crippen LogP contribution in [0.5, 0.6) is 0 Å². The lowest BCUT2D eigenvalue weighted by atomic mass is 10.0. The van der Waals surface area contributed by atoms with Crippen molar-refractivity contribution in [1.82, 2.24) is 9.97 Å². The first-order valence-electron chi connectivity index (χ1n) is 21.5. The van der Waals surface area contributed by atoms with E-state index in [1.807, 2.05) is 0 Å². The van der Waals surface area contributed by atoms with E-state index in [1.165, 1.54) is 40.3 Å². The molecule has 0 aliphatic heterocycles. The molecule has 9 aromatic carbocycles. The van der Waals surface area contributed by atoms with E-state index in [1.54, 1.807) is 0 Å². The Bertz CT molecular complexity index is 2730. The average molecular weight is 843 g/mol. The van der Waals surface area contributed by atoms with Crippen molar-refractivity contribution >= 4 is 38.8 Å². The number of hydrogen-bond acceptors (Lipinski definition) is 2. The quantitative estimate of drug-likeness (QED) is 0.0958. The Balaban J connectivity index is 1.21. The molecule has 63 heavy (non-hydrogen) atoms. The molecule has 0 fully saturated rings. The van der Waals surface area contributed by atoms with E-state index in [9.17, 15) is 0 Å². The molecular weight excluding hydrogens is 797 g/mol. The van der Waals surface area contributed by atoms with E-state index in [4.69, 9.17) is 9.97 Å². The van der Waals surface area contributed by atoms with E-state index in [2.05, 4.69) is 268 Å². The second-order valence-corrected chi connectivity index (χ2v) is 22.7. The third-order valence-corrected chi connectivity index (χ3v) is 20.8. The van der Waals surface area contributed by atoms with Gasteiger partial charge in [0, 0.05) is 36.3 Å². The van der Waals surface area contributed by atoms with Gasteiger partial charge in [-0.2, -0.15) is 0 Å². The normalized spacial score (nSPS) is 11.8. The molecule has 0 saturated heterocycles. The van der Waals surface area contributed by atoms with Crippen molar-refractivity contribution < 1.29 is 0 Å². The van der Waals surface area contributed by atoms with Crippen molar-refractivity contribution in [2.24, 2.45) is 0 Å². The van der Waals surface area contributed by atoms with Gasteiger partial charge in [0.1, 0.15) is 0 Å². The van der Waals surface area contributed by atoms with Crippen LogP contribution in [-0.4, -0.2) is 18.0 Å². The summed E-state index contributed by atoms with van der Waals surface area (Å²) in [5.74, 6) is 0.710. The first-order chi connectivity index (χ1) is 31.2. The Morgan fingerprint density at radius 2 is 0.683 bits per heavy atom. The zero-order valence-electron chi connectivity index (χ0n) is 35.1. The van der Waals surface area contributed by atoms with Gasteiger partial charge in [0.15, 0.2) is 13.9 Å². The predicted molar refractivity (Wildman–Crippen MR) is 267 cm³/mol. The summed E-state index contributed by atoms with van der Waals surface area (Å²) in [6, 6.07) is 95.2. The van der Waals surface area contributed by atoms with Gasteiger partial charge in [-0.15, -0.1) is 10.0 Å². The van der Waals surface area contributed by atoms with Gasteiger partial charge in [0.05, 0.1) is 11.4 Å². The molecule has 4 heteroatoms. The van der Waals surface area contributed by atoms with Gasteiger partial charge in [-0.1, -0.05) is 206 Å². The summed E-state index contributed by atoms with van der Waals surface area (Å²) in [5.41, 5.74) is 6.02. The van der Waals surface area contributed by atoms with Crippen LogP contribution in [0, 0.1) is 6.92 Å². The van der Waals surface area contributed by atoms with Gasteiger partial charge in [-0.3, -0.25) is 0 Å². The Labute approximate surface area is 373 Å². The minimum absolute atomic E-state index is 0.710. The smallest absolute Gasteiger partial charge is 0.179 e. The number of rotatable bonds is 11. The zero-order chi connectivity index (χ0) is 42.5. The Kier molecular flexibility index (Phi) is 11.1. The van der Waals surface area contributed by atoms with Crippen LogP contribution in [-0.2, 0) is 0 Å². The van der Waals surface area contributed by atoms with Crippen molar-refractivity contribution in [3.63, 3.8) is 0 Å². The molecule has 0 aliphatic rings. The predicted octanol–water partition coefficient (Wildman–Crippen LogP) is 12.5. The van der Waals surface area contributed by atoms with Gasteiger partial charge >= 0.3 is 0 Å². The highest BCUT2D eigenvalue weighted by atomic mass is 32.3. The first-order valence-corrected chi connectivity index (χ1v) is 25.1. The lowest BCUT2D eigenvalue weighted by Gasteiger charge is -2.42. The number of nitrogens with zero attached hydrogens (tertiary/aromatic N) is 2. The van der Waals surface area contributed by atoms with E-state index >= 15 is 0 Å². The molecule has 10 aromatic rings. The van der Waals surface area contributed by atoms with Crippen LogP contribution in [0.25, 0.3) is 33.9 Å². The average Bonchev–Trinajstić information content (AvgIpc) is 3.37. The molecule has 10 rings (SSSR count). The highest BCUT2D eigenvalue weighted by Crippen LogP contribution is 2.73. The van der Waals surface area contributed by atoms with Gasteiger partial charge in [-0.05, 0) is 87.8 Å². The summed E-state index contributed by atoms with van der Waals surface area (Å²) in [5, 5.41) is 5.30. The van der Waals surface area contributed by atoms with Crippen molar-refractivity contribution in [3.8, 4) is 33.9 Å². The van der Waals surface area contributed by atoms with E-state index in [0.717, 1.165) is 33.6 Å². The topological polar surface area (TPSA) is 25.8 Å². The van der Waals surface area contributed by atoms with Crippen molar-refractivity contribution in [2.45, 2.75) is 26.5 Å². The molecule has 1 aromatic heterocycles. The number of aryl methyl sites for hydroxylation is 1. The molecule has 0 N–H and O–H groups in total. The lowest BCUT2D eigenvalue weighted by molar-refractivity contribution is 1.17. The SMILES string of the molecule is Cc1ccccc1-c1nc(-c2cccc([Si](c3ccccc3)(c3ccccc3)c3ccccc3)c2)cc(-c2cccc(S(c3ccccc3)(c3ccccc3)c3ccccc3)c2)n1. The van der Waals surface area contributed by atoms with Gasteiger partial charge in [0.2, 0.25) is 0 Å². The lowest BCUT2D eigenvalue weighted by Crippen LogP contribution is -2.74. The molecule has 1 heterocycles.